The zero-order chi connectivity index (χ0) is 30.4. The van der Waals surface area contributed by atoms with E-state index in [9.17, 15) is 10.1 Å². The van der Waals surface area contributed by atoms with Crippen LogP contribution in [-0.4, -0.2) is 67.1 Å². The Balaban J connectivity index is 1.15. The molecule has 2 aromatic rings. The number of halogens is 1. The summed E-state index contributed by atoms with van der Waals surface area (Å²) < 4.78 is 28.9. The predicted octanol–water partition coefficient (Wildman–Crippen LogP) is 6.59. The van der Waals surface area contributed by atoms with Gasteiger partial charge in [0.2, 0.25) is 0 Å². The van der Waals surface area contributed by atoms with Crippen molar-refractivity contribution in [3.05, 3.63) is 59.9 Å². The highest BCUT2D eigenvalue weighted by Gasteiger charge is 2.46. The Labute approximate surface area is 260 Å². The Morgan fingerprint density at radius 2 is 1.84 bits per heavy atom. The first-order chi connectivity index (χ1) is 20.8. The molecule has 5 rings (SSSR count). The second-order valence-corrected chi connectivity index (χ2v) is 13.5. The molecule has 2 unspecified atom stereocenters. The van der Waals surface area contributed by atoms with Crippen LogP contribution < -0.4 is 9.08 Å². The lowest BCUT2D eigenvalue weighted by Gasteiger charge is -2.46. The molecule has 9 heteroatoms. The molecule has 0 spiro atoms. The second kappa shape index (κ2) is 14.3. The fourth-order valence-corrected chi connectivity index (χ4v) is 7.47. The highest BCUT2D eigenvalue weighted by atomic mass is 32.2. The van der Waals surface area contributed by atoms with Crippen molar-refractivity contribution in [2.45, 2.75) is 76.4 Å². The molecule has 0 aromatic heterocycles. The molecule has 2 aromatic carbocycles. The molecule has 1 aliphatic carbocycles. The molecule has 0 amide bonds. The monoisotopic (exact) mass is 608 g/mol. The highest BCUT2D eigenvalue weighted by molar-refractivity contribution is 7.92. The Hall–Kier alpha value is -2.80. The number of nitriles is 1. The second-order valence-electron chi connectivity index (χ2n) is 12.6. The molecule has 2 aliphatic heterocycles. The summed E-state index contributed by atoms with van der Waals surface area (Å²) in [7, 11) is 2.08. The molecule has 3 aliphatic rings. The molecule has 7 nitrogen and oxygen atoms in total. The minimum Gasteiger partial charge on any atom is -0.462 e. The number of rotatable bonds is 14. The quantitative estimate of drug-likeness (QED) is 0.135. The average Bonchev–Trinajstić information content (AvgIpc) is 3.83. The van der Waals surface area contributed by atoms with E-state index < -0.39 is 11.5 Å². The van der Waals surface area contributed by atoms with E-state index in [1.807, 2.05) is 19.1 Å². The molecular weight excluding hydrogens is 563 g/mol. The number of likely N-dealkylation sites (tertiary alicyclic amines) is 1. The van der Waals surface area contributed by atoms with Crippen molar-refractivity contribution in [1.29, 1.82) is 5.26 Å². The number of benzene rings is 2. The lowest BCUT2D eigenvalue weighted by molar-refractivity contribution is -0.147. The van der Waals surface area contributed by atoms with Crippen LogP contribution in [0.4, 0.5) is 10.1 Å². The molecule has 232 valence electrons. The van der Waals surface area contributed by atoms with Gasteiger partial charge in [-0.1, -0.05) is 31.5 Å². The van der Waals surface area contributed by atoms with Crippen LogP contribution in [0.5, 0.6) is 5.75 Å². The van der Waals surface area contributed by atoms with Crippen LogP contribution in [0.2, 0.25) is 0 Å². The van der Waals surface area contributed by atoms with Crippen LogP contribution >= 0.6 is 12.2 Å². The molecule has 2 heterocycles. The van der Waals surface area contributed by atoms with E-state index in [1.165, 1.54) is 43.7 Å². The van der Waals surface area contributed by atoms with Gasteiger partial charge in [-0.2, -0.15) is 5.26 Å². The van der Waals surface area contributed by atoms with Crippen molar-refractivity contribution >= 4 is 23.9 Å². The molecule has 0 bridgehead atoms. The molecule has 43 heavy (non-hydrogen) atoms. The van der Waals surface area contributed by atoms with E-state index in [0.717, 1.165) is 57.7 Å². The van der Waals surface area contributed by atoms with E-state index in [4.69, 9.17) is 8.92 Å². The van der Waals surface area contributed by atoms with Gasteiger partial charge in [-0.3, -0.25) is 4.79 Å². The van der Waals surface area contributed by atoms with E-state index in [1.54, 1.807) is 18.2 Å². The van der Waals surface area contributed by atoms with Crippen molar-refractivity contribution in [3.63, 3.8) is 0 Å². The van der Waals surface area contributed by atoms with Gasteiger partial charge in [-0.25, -0.2) is 8.70 Å². The predicted molar refractivity (Wildman–Crippen MR) is 169 cm³/mol. The Morgan fingerprint density at radius 1 is 1.14 bits per heavy atom. The summed E-state index contributed by atoms with van der Waals surface area (Å²) in [4.78, 5) is 16.8. The molecule has 3 fully saturated rings. The van der Waals surface area contributed by atoms with Gasteiger partial charge in [0.15, 0.2) is 0 Å². The van der Waals surface area contributed by atoms with Gasteiger partial charge in [0, 0.05) is 63.2 Å². The zero-order valence-corrected chi connectivity index (χ0v) is 26.5. The summed E-state index contributed by atoms with van der Waals surface area (Å²) in [5, 5.41) is 10.7. The molecule has 1 saturated carbocycles. The van der Waals surface area contributed by atoms with Crippen LogP contribution in [0, 0.1) is 29.0 Å². The van der Waals surface area contributed by atoms with Crippen molar-refractivity contribution in [2.75, 3.05) is 44.7 Å². The molecule has 0 radical (unpaired) electrons. The maximum Gasteiger partial charge on any atom is 0.302 e. The van der Waals surface area contributed by atoms with Gasteiger partial charge >= 0.3 is 5.97 Å². The first-order valence-electron chi connectivity index (χ1n) is 15.8. The number of nitrogens with zero attached hydrogens (tertiary/aromatic N) is 4. The number of hydrogen-bond acceptors (Lipinski definition) is 8. The lowest BCUT2D eigenvalue weighted by Crippen LogP contribution is -2.53. The first kappa shape index (κ1) is 31.6. The SMILES string of the molecule is CCCC(CC(C#N)(c1ccccc1F)C1CCN(CC2CN(c3ccc(OSN(C)C4CC4)cc3)C2)CC1)OC(C)=O. The van der Waals surface area contributed by atoms with E-state index in [-0.39, 0.29) is 17.7 Å². The summed E-state index contributed by atoms with van der Waals surface area (Å²) in [6, 6.07) is 18.2. The maximum atomic E-state index is 15.2. The van der Waals surface area contributed by atoms with Crippen molar-refractivity contribution in [1.82, 2.24) is 9.21 Å². The standard InChI is InChI=1S/C34H45FN4O3S/c1-4-7-31(41-25(2)40)20-34(24-36,32-8-5-6-9-33(32)35)27-16-18-38(19-17-27)21-26-22-39(23-26)29-12-14-30(15-13-29)42-43-37(3)28-10-11-28/h5-6,8-9,12-15,26-28,31H,4,7,10-11,16-23H2,1-3H3. The Kier molecular flexibility index (Phi) is 10.5. The Morgan fingerprint density at radius 3 is 2.44 bits per heavy atom. The Bertz CT molecular complexity index is 1260. The normalized spacial score (nSPS) is 20.2. The fourth-order valence-electron chi connectivity index (χ4n) is 6.82. The highest BCUT2D eigenvalue weighted by Crippen LogP contribution is 2.44. The van der Waals surface area contributed by atoms with Crippen LogP contribution in [0.25, 0.3) is 0 Å². The summed E-state index contributed by atoms with van der Waals surface area (Å²) in [5.41, 5.74) is 0.617. The zero-order valence-electron chi connectivity index (χ0n) is 25.7. The third-order valence-corrected chi connectivity index (χ3v) is 10.1. The molecule has 2 atom stereocenters. The third kappa shape index (κ3) is 7.84. The molecule has 2 saturated heterocycles. The van der Waals surface area contributed by atoms with Crippen LogP contribution in [0.3, 0.4) is 0 Å². The largest absolute Gasteiger partial charge is 0.462 e. The topological polar surface area (TPSA) is 69.0 Å². The molecule has 0 N–H and O–H groups in total. The van der Waals surface area contributed by atoms with Crippen molar-refractivity contribution < 1.29 is 18.1 Å². The van der Waals surface area contributed by atoms with Gasteiger partial charge in [0.05, 0.1) is 11.5 Å². The van der Waals surface area contributed by atoms with Crippen LogP contribution in [0.15, 0.2) is 48.5 Å². The summed E-state index contributed by atoms with van der Waals surface area (Å²) in [6.07, 6.45) is 5.52. The number of carbonyl (C=O) groups excluding carboxylic acids is 1. The van der Waals surface area contributed by atoms with Gasteiger partial charge in [-0.15, -0.1) is 0 Å². The molecular formula is C34H45FN4O3S. The fraction of sp³-hybridized carbons (Fsp3) is 0.588. The van der Waals surface area contributed by atoms with Crippen molar-refractivity contribution in [3.8, 4) is 11.8 Å². The number of hydrogen-bond donors (Lipinski definition) is 0. The van der Waals surface area contributed by atoms with Crippen LogP contribution in [-0.2, 0) is 14.9 Å². The van der Waals surface area contributed by atoms with Gasteiger partial charge in [-0.05, 0) is 81.4 Å². The number of piperidine rings is 1. The minimum atomic E-state index is -1.04. The minimum absolute atomic E-state index is 0.0126. The van der Waals surface area contributed by atoms with E-state index in [2.05, 4.69) is 39.4 Å². The summed E-state index contributed by atoms with van der Waals surface area (Å²) in [6.45, 7) is 8.27. The van der Waals surface area contributed by atoms with E-state index >= 15 is 4.39 Å². The summed E-state index contributed by atoms with van der Waals surface area (Å²) in [5.74, 6) is 0.743. The third-order valence-electron chi connectivity index (χ3n) is 9.32. The maximum absolute atomic E-state index is 15.2. The summed E-state index contributed by atoms with van der Waals surface area (Å²) >= 11 is 1.42. The van der Waals surface area contributed by atoms with Gasteiger partial charge < -0.3 is 18.7 Å². The first-order valence-corrected chi connectivity index (χ1v) is 16.5. The average molecular weight is 609 g/mol. The number of esters is 1. The van der Waals surface area contributed by atoms with Gasteiger partial charge in [0.25, 0.3) is 0 Å². The van der Waals surface area contributed by atoms with E-state index in [0.29, 0.717) is 30.4 Å². The smallest absolute Gasteiger partial charge is 0.302 e. The number of carbonyl (C=O) groups is 1. The number of anilines is 1. The van der Waals surface area contributed by atoms with Crippen LogP contribution in [0.1, 0.15) is 64.4 Å². The van der Waals surface area contributed by atoms with Crippen molar-refractivity contribution in [2.24, 2.45) is 11.8 Å². The van der Waals surface area contributed by atoms with Gasteiger partial charge in [0.1, 0.15) is 29.9 Å². The lowest BCUT2D eigenvalue weighted by atomic mass is 9.64. The number of ether oxygens (including phenoxy) is 1.